The van der Waals surface area contributed by atoms with Crippen molar-refractivity contribution in [2.75, 3.05) is 30.8 Å². The summed E-state index contributed by atoms with van der Waals surface area (Å²) in [5.41, 5.74) is 6.52. The van der Waals surface area contributed by atoms with E-state index in [4.69, 9.17) is 5.73 Å². The third kappa shape index (κ3) is 2.55. The number of nitrogens with zero attached hydrogens (tertiary/aromatic N) is 1. The molecule has 0 atom stereocenters. The maximum Gasteiger partial charge on any atom is 0.222 e. The van der Waals surface area contributed by atoms with Crippen LogP contribution in [0.25, 0.3) is 0 Å². The molecule has 98 valence electrons. The van der Waals surface area contributed by atoms with Crippen LogP contribution in [0, 0.1) is 11.7 Å². The highest BCUT2D eigenvalue weighted by atomic mass is 19.1. The van der Waals surface area contributed by atoms with Gasteiger partial charge in [0.25, 0.3) is 0 Å². The fraction of sp³-hybridized carbons (Fsp3) is 0.462. The summed E-state index contributed by atoms with van der Waals surface area (Å²) in [6.45, 7) is 1.39. The summed E-state index contributed by atoms with van der Waals surface area (Å²) in [7, 11) is 1.65. The van der Waals surface area contributed by atoms with Crippen LogP contribution in [0.1, 0.15) is 12.8 Å². The molecule has 1 amide bonds. The number of carbonyl (C=O) groups is 1. The topological polar surface area (TPSA) is 58.4 Å². The van der Waals surface area contributed by atoms with Gasteiger partial charge in [0, 0.05) is 31.7 Å². The first-order chi connectivity index (χ1) is 8.61. The van der Waals surface area contributed by atoms with Crippen LogP contribution in [-0.2, 0) is 4.79 Å². The Morgan fingerprint density at radius 1 is 1.44 bits per heavy atom. The van der Waals surface area contributed by atoms with Gasteiger partial charge < -0.3 is 16.0 Å². The Balaban J connectivity index is 2.03. The highest BCUT2D eigenvalue weighted by Crippen LogP contribution is 2.26. The van der Waals surface area contributed by atoms with E-state index >= 15 is 0 Å². The molecule has 3 N–H and O–H groups in total. The van der Waals surface area contributed by atoms with Crippen LogP contribution in [0.4, 0.5) is 15.8 Å². The predicted octanol–water partition coefficient (Wildman–Crippen LogP) is 1.37. The van der Waals surface area contributed by atoms with E-state index in [1.807, 2.05) is 4.90 Å². The number of hydrogen-bond acceptors (Lipinski definition) is 3. The lowest BCUT2D eigenvalue weighted by atomic mass is 9.95. The fourth-order valence-electron chi connectivity index (χ4n) is 2.37. The van der Waals surface area contributed by atoms with Crippen LogP contribution < -0.4 is 16.0 Å². The molecule has 1 aromatic rings. The molecule has 0 saturated carbocycles. The second-order valence-corrected chi connectivity index (χ2v) is 4.59. The molecule has 0 aromatic heterocycles. The molecule has 1 saturated heterocycles. The Hall–Kier alpha value is -1.78. The Morgan fingerprint density at radius 3 is 2.67 bits per heavy atom. The Labute approximate surface area is 106 Å². The third-order valence-corrected chi connectivity index (χ3v) is 3.42. The van der Waals surface area contributed by atoms with Gasteiger partial charge in [-0.05, 0) is 31.0 Å². The number of benzene rings is 1. The van der Waals surface area contributed by atoms with E-state index in [0.29, 0.717) is 24.5 Å². The third-order valence-electron chi connectivity index (χ3n) is 3.42. The van der Waals surface area contributed by atoms with E-state index in [0.717, 1.165) is 12.8 Å². The van der Waals surface area contributed by atoms with Gasteiger partial charge in [0.1, 0.15) is 5.82 Å². The SMILES string of the molecule is CNC(=O)C1CCN(c2ccc(N)cc2F)CC1. The summed E-state index contributed by atoms with van der Waals surface area (Å²) in [6, 6.07) is 4.73. The van der Waals surface area contributed by atoms with Crippen LogP contribution >= 0.6 is 0 Å². The van der Waals surface area contributed by atoms with Gasteiger partial charge >= 0.3 is 0 Å². The van der Waals surface area contributed by atoms with Gasteiger partial charge in [-0.1, -0.05) is 0 Å². The number of nitrogen functional groups attached to an aromatic ring is 1. The Morgan fingerprint density at radius 2 is 2.11 bits per heavy atom. The summed E-state index contributed by atoms with van der Waals surface area (Å²) >= 11 is 0. The molecule has 4 nitrogen and oxygen atoms in total. The van der Waals surface area contributed by atoms with E-state index in [1.165, 1.54) is 6.07 Å². The van der Waals surface area contributed by atoms with Crippen LogP contribution in [0.5, 0.6) is 0 Å². The summed E-state index contributed by atoms with van der Waals surface area (Å²) in [4.78, 5) is 13.5. The Bertz CT molecular complexity index is 442. The second kappa shape index (κ2) is 5.25. The molecular weight excluding hydrogens is 233 g/mol. The van der Waals surface area contributed by atoms with E-state index in [1.54, 1.807) is 19.2 Å². The van der Waals surface area contributed by atoms with Crippen LogP contribution in [-0.4, -0.2) is 26.0 Å². The van der Waals surface area contributed by atoms with E-state index < -0.39 is 0 Å². The normalized spacial score (nSPS) is 16.7. The first kappa shape index (κ1) is 12.7. The molecule has 0 unspecified atom stereocenters. The lowest BCUT2D eigenvalue weighted by molar-refractivity contribution is -0.125. The molecule has 1 fully saturated rings. The highest BCUT2D eigenvalue weighted by molar-refractivity contribution is 5.78. The number of anilines is 2. The summed E-state index contributed by atoms with van der Waals surface area (Å²) < 4.78 is 13.8. The van der Waals surface area contributed by atoms with E-state index in [2.05, 4.69) is 5.32 Å². The first-order valence-corrected chi connectivity index (χ1v) is 6.13. The minimum atomic E-state index is -0.298. The lowest BCUT2D eigenvalue weighted by Gasteiger charge is -2.33. The number of rotatable bonds is 2. The van der Waals surface area contributed by atoms with Crippen molar-refractivity contribution in [3.63, 3.8) is 0 Å². The first-order valence-electron chi connectivity index (χ1n) is 6.13. The molecule has 0 spiro atoms. The van der Waals surface area contributed by atoms with Crippen molar-refractivity contribution >= 4 is 17.3 Å². The van der Waals surface area contributed by atoms with Crippen molar-refractivity contribution in [2.45, 2.75) is 12.8 Å². The van der Waals surface area contributed by atoms with Crippen LogP contribution in [0.3, 0.4) is 0 Å². The largest absolute Gasteiger partial charge is 0.399 e. The van der Waals surface area contributed by atoms with Crippen molar-refractivity contribution < 1.29 is 9.18 Å². The van der Waals surface area contributed by atoms with E-state index in [9.17, 15) is 9.18 Å². The van der Waals surface area contributed by atoms with Crippen molar-refractivity contribution in [2.24, 2.45) is 5.92 Å². The van der Waals surface area contributed by atoms with Crippen LogP contribution in [0.15, 0.2) is 18.2 Å². The zero-order chi connectivity index (χ0) is 13.1. The molecule has 0 bridgehead atoms. The van der Waals surface area contributed by atoms with Gasteiger partial charge in [0.15, 0.2) is 0 Å². The van der Waals surface area contributed by atoms with Gasteiger partial charge in [0.2, 0.25) is 5.91 Å². The van der Waals surface area contributed by atoms with Crippen molar-refractivity contribution in [1.29, 1.82) is 0 Å². The fourth-order valence-corrected chi connectivity index (χ4v) is 2.37. The van der Waals surface area contributed by atoms with Gasteiger partial charge in [-0.15, -0.1) is 0 Å². The summed E-state index contributed by atoms with van der Waals surface area (Å²) in [5, 5.41) is 2.66. The molecular formula is C13H18FN3O. The molecule has 0 aliphatic carbocycles. The second-order valence-electron chi connectivity index (χ2n) is 4.59. The maximum atomic E-state index is 13.8. The molecule has 1 aliphatic rings. The number of nitrogens with one attached hydrogen (secondary N) is 1. The van der Waals surface area contributed by atoms with Crippen molar-refractivity contribution in [1.82, 2.24) is 5.32 Å². The molecule has 5 heteroatoms. The number of halogens is 1. The average molecular weight is 251 g/mol. The zero-order valence-electron chi connectivity index (χ0n) is 10.4. The van der Waals surface area contributed by atoms with E-state index in [-0.39, 0.29) is 17.6 Å². The molecule has 1 aromatic carbocycles. The van der Waals surface area contributed by atoms with Crippen LogP contribution in [0.2, 0.25) is 0 Å². The number of piperidine rings is 1. The average Bonchev–Trinajstić information content (AvgIpc) is 2.38. The summed E-state index contributed by atoms with van der Waals surface area (Å²) in [6.07, 6.45) is 1.51. The maximum absolute atomic E-state index is 13.8. The molecule has 2 rings (SSSR count). The molecule has 0 radical (unpaired) electrons. The van der Waals surface area contributed by atoms with Gasteiger partial charge in [-0.25, -0.2) is 4.39 Å². The number of nitrogens with two attached hydrogens (primary N) is 1. The quantitative estimate of drug-likeness (QED) is 0.780. The standard InChI is InChI=1S/C13H18FN3O/c1-16-13(18)9-4-6-17(7-5-9)12-3-2-10(15)8-11(12)14/h2-3,8-9H,4-7,15H2,1H3,(H,16,18). The van der Waals surface area contributed by atoms with Gasteiger partial charge in [0.05, 0.1) is 5.69 Å². The van der Waals surface area contributed by atoms with Gasteiger partial charge in [-0.3, -0.25) is 4.79 Å². The van der Waals surface area contributed by atoms with Gasteiger partial charge in [-0.2, -0.15) is 0 Å². The monoisotopic (exact) mass is 251 g/mol. The molecule has 1 aliphatic heterocycles. The number of hydrogen-bond donors (Lipinski definition) is 2. The zero-order valence-corrected chi connectivity index (χ0v) is 10.4. The van der Waals surface area contributed by atoms with Crippen molar-refractivity contribution in [3.05, 3.63) is 24.0 Å². The summed E-state index contributed by atoms with van der Waals surface area (Å²) in [5.74, 6) is -0.177. The number of carbonyl (C=O) groups excluding carboxylic acids is 1. The van der Waals surface area contributed by atoms with Crippen molar-refractivity contribution in [3.8, 4) is 0 Å². The number of amides is 1. The smallest absolute Gasteiger partial charge is 0.222 e. The minimum Gasteiger partial charge on any atom is -0.399 e. The molecule has 18 heavy (non-hydrogen) atoms. The predicted molar refractivity (Wildman–Crippen MR) is 69.8 cm³/mol. The molecule has 1 heterocycles. The lowest BCUT2D eigenvalue weighted by Crippen LogP contribution is -2.39. The highest BCUT2D eigenvalue weighted by Gasteiger charge is 2.25. The Kier molecular flexibility index (Phi) is 3.69. The minimum absolute atomic E-state index is 0.0445.